The second-order valence-corrected chi connectivity index (χ2v) is 9.03. The number of piperazine rings is 1. The minimum atomic E-state index is -0.765. The molecule has 9 heteroatoms. The number of ketones is 1. The Morgan fingerprint density at radius 2 is 1.47 bits per heavy atom. The molecule has 0 saturated carbocycles. The number of phenols is 1. The Labute approximate surface area is 209 Å². The first kappa shape index (κ1) is 23.6. The fourth-order valence-electron chi connectivity index (χ4n) is 4.62. The molecule has 0 radical (unpaired) electrons. The molecule has 0 bridgehead atoms. The maximum atomic E-state index is 13.2. The molecule has 2 atom stereocenters. The number of hydrogen-bond donors (Lipinski definition) is 2. The van der Waals surface area contributed by atoms with Gasteiger partial charge in [0.25, 0.3) is 0 Å². The van der Waals surface area contributed by atoms with Crippen LogP contribution >= 0.6 is 0 Å². The highest BCUT2D eigenvalue weighted by Crippen LogP contribution is 2.25. The van der Waals surface area contributed by atoms with Crippen molar-refractivity contribution in [3.8, 4) is 5.75 Å². The number of hydrazine groups is 2. The Morgan fingerprint density at radius 3 is 2.03 bits per heavy atom. The fraction of sp³-hybridized carbons (Fsp3) is 0.259. The van der Waals surface area contributed by atoms with Gasteiger partial charge in [0.05, 0.1) is 0 Å². The molecule has 0 aliphatic carbocycles. The molecular formula is C27H28FN5O3. The van der Waals surface area contributed by atoms with Crippen LogP contribution in [0.1, 0.15) is 28.9 Å². The molecule has 186 valence electrons. The standard InChI is InChI=1S/C27H28FN5O3/c1-19(27(35)21-2-6-22(28)7-3-21)33-29-26(18-32(33)36)20-4-8-23(9-5-20)30-14-16-31(17-15-30)24-10-12-25(34)13-11-24/h2-13,18-19,26,29,34H,14-17H2,1H3. The van der Waals surface area contributed by atoms with Crippen molar-refractivity contribution in [2.75, 3.05) is 36.0 Å². The number of hydrogen-bond acceptors (Lipinski definition) is 7. The summed E-state index contributed by atoms with van der Waals surface area (Å²) in [4.78, 5) is 18.0. The first-order chi connectivity index (χ1) is 17.4. The summed E-state index contributed by atoms with van der Waals surface area (Å²) >= 11 is 0. The molecule has 2 aliphatic heterocycles. The van der Waals surface area contributed by atoms with Gasteiger partial charge in [-0.3, -0.25) is 4.79 Å². The van der Waals surface area contributed by atoms with Gasteiger partial charge in [0.2, 0.25) is 6.21 Å². The molecular weight excluding hydrogens is 461 g/mol. The van der Waals surface area contributed by atoms with Crippen molar-refractivity contribution in [1.29, 1.82) is 0 Å². The SMILES string of the molecule is CC(C(=O)c1ccc(F)cc1)N1NC(c2ccc(N3CCN(c4ccc(O)cc4)CC3)cc2)C=[N+]1[O-]. The highest BCUT2D eigenvalue weighted by molar-refractivity contribution is 5.99. The number of anilines is 2. The number of benzene rings is 3. The van der Waals surface area contributed by atoms with Crippen LogP contribution < -0.4 is 15.2 Å². The number of phenolic OH excluding ortho intramolecular Hbond substituents is 1. The summed E-state index contributed by atoms with van der Waals surface area (Å²) in [5.74, 6) is -0.428. The predicted molar refractivity (Wildman–Crippen MR) is 137 cm³/mol. The lowest BCUT2D eigenvalue weighted by Crippen LogP contribution is -2.48. The second-order valence-electron chi connectivity index (χ2n) is 9.03. The molecule has 2 aliphatic rings. The van der Waals surface area contributed by atoms with E-state index in [1.54, 1.807) is 19.1 Å². The number of carbonyl (C=O) groups excluding carboxylic acids is 1. The molecule has 3 aromatic carbocycles. The van der Waals surface area contributed by atoms with Crippen LogP contribution in [0.25, 0.3) is 0 Å². The average Bonchev–Trinajstić information content (AvgIpc) is 3.30. The van der Waals surface area contributed by atoms with Gasteiger partial charge in [0.1, 0.15) is 17.6 Å². The Balaban J connectivity index is 1.19. The van der Waals surface area contributed by atoms with Crippen molar-refractivity contribution in [3.63, 3.8) is 0 Å². The molecule has 2 unspecified atom stereocenters. The summed E-state index contributed by atoms with van der Waals surface area (Å²) < 4.78 is 13.2. The van der Waals surface area contributed by atoms with Crippen molar-refractivity contribution in [2.24, 2.45) is 0 Å². The van der Waals surface area contributed by atoms with Crippen molar-refractivity contribution in [2.45, 2.75) is 19.0 Å². The highest BCUT2D eigenvalue weighted by atomic mass is 19.1. The van der Waals surface area contributed by atoms with Gasteiger partial charge in [-0.1, -0.05) is 22.1 Å². The van der Waals surface area contributed by atoms with E-state index in [1.807, 2.05) is 36.4 Å². The first-order valence-electron chi connectivity index (χ1n) is 11.9. The molecule has 0 amide bonds. The second kappa shape index (κ2) is 9.87. The maximum Gasteiger partial charge on any atom is 0.209 e. The maximum absolute atomic E-state index is 13.2. The van der Waals surface area contributed by atoms with E-state index in [0.29, 0.717) is 10.4 Å². The lowest BCUT2D eigenvalue weighted by molar-refractivity contribution is -0.642. The topological polar surface area (TPSA) is 85.1 Å². The summed E-state index contributed by atoms with van der Waals surface area (Å²) in [6, 6.07) is 19.5. The molecule has 0 aromatic heterocycles. The Bertz CT molecular complexity index is 1240. The van der Waals surface area contributed by atoms with E-state index >= 15 is 0 Å². The minimum Gasteiger partial charge on any atom is -0.595 e. The van der Waals surface area contributed by atoms with Gasteiger partial charge >= 0.3 is 0 Å². The zero-order chi connectivity index (χ0) is 25.2. The van der Waals surface area contributed by atoms with Crippen molar-refractivity contribution >= 4 is 23.4 Å². The number of nitrogens with one attached hydrogen (secondary N) is 1. The van der Waals surface area contributed by atoms with Crippen LogP contribution in [-0.2, 0) is 0 Å². The number of aromatic hydroxyl groups is 1. The third kappa shape index (κ3) is 4.83. The molecule has 5 rings (SSSR count). The van der Waals surface area contributed by atoms with Gasteiger partial charge in [0, 0.05) is 43.1 Å². The molecule has 0 spiro atoms. The van der Waals surface area contributed by atoms with Crippen LogP contribution in [0.4, 0.5) is 15.8 Å². The van der Waals surface area contributed by atoms with Crippen LogP contribution in [0.5, 0.6) is 5.75 Å². The van der Waals surface area contributed by atoms with Gasteiger partial charge in [0.15, 0.2) is 11.8 Å². The lowest BCUT2D eigenvalue weighted by Gasteiger charge is -2.37. The number of carbonyl (C=O) groups is 1. The Morgan fingerprint density at radius 1 is 0.944 bits per heavy atom. The molecule has 8 nitrogen and oxygen atoms in total. The lowest BCUT2D eigenvalue weighted by atomic mass is 10.1. The quantitative estimate of drug-likeness (QED) is 0.312. The van der Waals surface area contributed by atoms with Crippen molar-refractivity contribution in [1.82, 2.24) is 10.5 Å². The monoisotopic (exact) mass is 489 g/mol. The van der Waals surface area contributed by atoms with Gasteiger partial charge in [-0.2, -0.15) is 5.43 Å². The summed E-state index contributed by atoms with van der Waals surface area (Å²) in [5.41, 5.74) is 6.57. The molecule has 1 fully saturated rings. The van der Waals surface area contributed by atoms with E-state index in [2.05, 4.69) is 15.2 Å². The van der Waals surface area contributed by atoms with Crippen LogP contribution in [-0.4, -0.2) is 59.3 Å². The van der Waals surface area contributed by atoms with Gasteiger partial charge < -0.3 is 20.1 Å². The van der Waals surface area contributed by atoms with Crippen LogP contribution in [0, 0.1) is 11.0 Å². The third-order valence-electron chi connectivity index (χ3n) is 6.75. The largest absolute Gasteiger partial charge is 0.595 e. The van der Waals surface area contributed by atoms with E-state index in [9.17, 15) is 19.5 Å². The summed E-state index contributed by atoms with van der Waals surface area (Å²) in [6.07, 6.45) is 1.49. The van der Waals surface area contributed by atoms with Crippen LogP contribution in [0.2, 0.25) is 0 Å². The fourth-order valence-corrected chi connectivity index (χ4v) is 4.62. The van der Waals surface area contributed by atoms with E-state index in [4.69, 9.17) is 0 Å². The summed E-state index contributed by atoms with van der Waals surface area (Å²) in [7, 11) is 0. The van der Waals surface area contributed by atoms with E-state index in [0.717, 1.165) is 43.1 Å². The number of halogens is 1. The van der Waals surface area contributed by atoms with Gasteiger partial charge in [-0.05, 0) is 73.2 Å². The third-order valence-corrected chi connectivity index (χ3v) is 6.75. The number of nitrogens with zero attached hydrogens (tertiary/aromatic N) is 4. The average molecular weight is 490 g/mol. The Kier molecular flexibility index (Phi) is 6.47. The minimum absolute atomic E-state index is 0.267. The normalized spacial score (nSPS) is 18.8. The van der Waals surface area contributed by atoms with Crippen LogP contribution in [0.3, 0.4) is 0 Å². The molecule has 36 heavy (non-hydrogen) atoms. The zero-order valence-corrected chi connectivity index (χ0v) is 19.9. The first-order valence-corrected chi connectivity index (χ1v) is 11.9. The van der Waals surface area contributed by atoms with Gasteiger partial charge in [-0.15, -0.1) is 0 Å². The highest BCUT2D eigenvalue weighted by Gasteiger charge is 2.35. The summed E-state index contributed by atoms with van der Waals surface area (Å²) in [5, 5.41) is 23.3. The predicted octanol–water partition coefficient (Wildman–Crippen LogP) is 3.49. The van der Waals surface area contributed by atoms with E-state index in [1.165, 1.54) is 35.6 Å². The van der Waals surface area contributed by atoms with E-state index in [-0.39, 0.29) is 17.6 Å². The van der Waals surface area contributed by atoms with Gasteiger partial charge in [-0.25, -0.2) is 4.39 Å². The van der Waals surface area contributed by atoms with E-state index < -0.39 is 11.9 Å². The molecule has 1 saturated heterocycles. The number of hydrazone groups is 1. The summed E-state index contributed by atoms with van der Waals surface area (Å²) in [6.45, 7) is 5.15. The molecule has 2 heterocycles. The number of Topliss-reactive ketones (excluding diaryl/α,β-unsaturated/α-hetero) is 1. The molecule has 2 N–H and O–H groups in total. The van der Waals surface area contributed by atoms with Crippen molar-refractivity contribution < 1.29 is 19.1 Å². The zero-order valence-electron chi connectivity index (χ0n) is 19.9. The van der Waals surface area contributed by atoms with Crippen LogP contribution in [0.15, 0.2) is 72.8 Å². The smallest absolute Gasteiger partial charge is 0.209 e. The number of rotatable bonds is 6. The molecule has 3 aromatic rings. The Hall–Kier alpha value is -4.11. The van der Waals surface area contributed by atoms with Crippen molar-refractivity contribution in [3.05, 3.63) is 94.9 Å².